The Morgan fingerprint density at radius 3 is 2.64 bits per heavy atom. The van der Waals surface area contributed by atoms with Crippen molar-refractivity contribution in [2.45, 2.75) is 6.04 Å². The quantitative estimate of drug-likeness (QED) is 0.245. The van der Waals surface area contributed by atoms with Crippen molar-refractivity contribution in [1.29, 1.82) is 10.5 Å². The van der Waals surface area contributed by atoms with Crippen molar-refractivity contribution in [3.8, 4) is 12.3 Å². The summed E-state index contributed by atoms with van der Waals surface area (Å²) in [5.41, 5.74) is 11.4. The van der Waals surface area contributed by atoms with E-state index in [-0.39, 0.29) is 50.0 Å². The molecule has 1 aromatic heterocycles. The van der Waals surface area contributed by atoms with Crippen LogP contribution in [0.25, 0.3) is 0 Å². The summed E-state index contributed by atoms with van der Waals surface area (Å²) in [7, 11) is 0. The topological polar surface area (TPSA) is 192 Å². The third kappa shape index (κ3) is 3.05. The number of pyridine rings is 1. The predicted octanol–water partition coefficient (Wildman–Crippen LogP) is 2.27. The van der Waals surface area contributed by atoms with E-state index < -0.39 is 16.7 Å². The number of nitrogens with one attached hydrogen (secondary N) is 2. The van der Waals surface area contributed by atoms with Gasteiger partial charge in [-0.05, 0) is 12.1 Å². The third-order valence-electron chi connectivity index (χ3n) is 3.89. The van der Waals surface area contributed by atoms with Crippen molar-refractivity contribution in [2.24, 2.45) is 4.99 Å². The molecule has 2 heterocycles. The van der Waals surface area contributed by atoms with Gasteiger partial charge in [-0.3, -0.25) is 15.4 Å². The number of aromatic nitrogens is 1. The number of anilines is 3. The first-order valence-corrected chi connectivity index (χ1v) is 8.16. The summed E-state index contributed by atoms with van der Waals surface area (Å²) in [4.78, 5) is 19.2. The van der Waals surface area contributed by atoms with E-state index in [0.717, 1.165) is 0 Å². The summed E-state index contributed by atoms with van der Waals surface area (Å²) in [6, 6.07) is 3.23. The van der Waals surface area contributed by atoms with Gasteiger partial charge in [0.2, 0.25) is 5.96 Å². The SMILES string of the molecule is N#CNC1=NC(c2cc(Cl)cc(Cl)c2[N+](=O)[O-])c2c(nc(N)c(C#N)c2N)N1. The van der Waals surface area contributed by atoms with Crippen LogP contribution in [0.2, 0.25) is 10.0 Å². The lowest BCUT2D eigenvalue weighted by atomic mass is 9.94. The maximum Gasteiger partial charge on any atom is 0.293 e. The van der Waals surface area contributed by atoms with Crippen molar-refractivity contribution in [3.05, 3.63) is 49.0 Å². The highest BCUT2D eigenvalue weighted by Crippen LogP contribution is 2.45. The number of nitro groups is 1. The molecule has 0 saturated carbocycles. The minimum atomic E-state index is -1.14. The van der Waals surface area contributed by atoms with E-state index in [1.807, 2.05) is 6.07 Å². The van der Waals surface area contributed by atoms with Crippen molar-refractivity contribution in [3.63, 3.8) is 0 Å². The molecule has 0 bridgehead atoms. The number of nitrogen functional groups attached to an aromatic ring is 2. The van der Waals surface area contributed by atoms with Gasteiger partial charge >= 0.3 is 0 Å². The largest absolute Gasteiger partial charge is 0.397 e. The van der Waals surface area contributed by atoms with Gasteiger partial charge in [-0.15, -0.1) is 0 Å². The number of hydrogen-bond acceptors (Lipinski definition) is 10. The fourth-order valence-corrected chi connectivity index (χ4v) is 3.37. The van der Waals surface area contributed by atoms with Gasteiger partial charge in [0.1, 0.15) is 34.3 Å². The average molecular weight is 418 g/mol. The maximum atomic E-state index is 11.6. The Morgan fingerprint density at radius 2 is 2.04 bits per heavy atom. The molecule has 1 unspecified atom stereocenters. The second kappa shape index (κ2) is 7.08. The molecule has 0 fully saturated rings. The number of aliphatic imine (C=N–C) groups is 1. The molecular formula is C15H9Cl2N9O2. The Morgan fingerprint density at radius 1 is 1.32 bits per heavy atom. The fourth-order valence-electron chi connectivity index (χ4n) is 2.79. The van der Waals surface area contributed by atoms with Crippen LogP contribution in [0.4, 0.5) is 23.0 Å². The maximum absolute atomic E-state index is 11.6. The number of nitriles is 2. The number of nitrogens with two attached hydrogens (primary N) is 2. The molecule has 28 heavy (non-hydrogen) atoms. The molecule has 0 aliphatic carbocycles. The van der Waals surface area contributed by atoms with Gasteiger partial charge in [-0.2, -0.15) is 10.5 Å². The molecule has 0 radical (unpaired) electrons. The zero-order valence-corrected chi connectivity index (χ0v) is 15.2. The van der Waals surface area contributed by atoms with Crippen molar-refractivity contribution in [1.82, 2.24) is 10.3 Å². The first kappa shape index (κ1) is 19.0. The van der Waals surface area contributed by atoms with E-state index >= 15 is 0 Å². The van der Waals surface area contributed by atoms with Crippen LogP contribution in [0.3, 0.4) is 0 Å². The second-order valence-corrected chi connectivity index (χ2v) is 6.33. The van der Waals surface area contributed by atoms with Crippen LogP contribution in [-0.4, -0.2) is 15.9 Å². The lowest BCUT2D eigenvalue weighted by Gasteiger charge is -2.26. The summed E-state index contributed by atoms with van der Waals surface area (Å²) in [6.07, 6.45) is 1.68. The lowest BCUT2D eigenvalue weighted by molar-refractivity contribution is -0.385. The zero-order chi connectivity index (χ0) is 20.6. The number of benzene rings is 1. The number of fused-ring (bicyclic) bond motifs is 1. The molecule has 11 nitrogen and oxygen atoms in total. The van der Waals surface area contributed by atoms with Crippen LogP contribution < -0.4 is 22.1 Å². The first-order chi connectivity index (χ1) is 13.3. The van der Waals surface area contributed by atoms with Crippen molar-refractivity contribution < 1.29 is 4.92 Å². The molecule has 1 aromatic carbocycles. The van der Waals surface area contributed by atoms with Gasteiger partial charge in [0.15, 0.2) is 6.19 Å². The van der Waals surface area contributed by atoms with E-state index in [2.05, 4.69) is 20.6 Å². The van der Waals surface area contributed by atoms with E-state index in [0.29, 0.717) is 0 Å². The normalized spacial score (nSPS) is 14.7. The Labute approximate surface area is 167 Å². The van der Waals surface area contributed by atoms with Gasteiger partial charge < -0.3 is 16.8 Å². The molecule has 0 amide bonds. The van der Waals surface area contributed by atoms with E-state index in [4.69, 9.17) is 39.9 Å². The molecule has 140 valence electrons. The van der Waals surface area contributed by atoms with Gasteiger partial charge in [0.25, 0.3) is 5.69 Å². The minimum absolute atomic E-state index is 0.00431. The number of rotatable bonds is 2. The summed E-state index contributed by atoms with van der Waals surface area (Å²) in [5, 5.41) is 34.7. The van der Waals surface area contributed by atoms with Crippen LogP contribution in [0.15, 0.2) is 17.1 Å². The molecule has 6 N–H and O–H groups in total. The van der Waals surface area contributed by atoms with Gasteiger partial charge in [-0.25, -0.2) is 9.98 Å². The number of guanidine groups is 1. The highest BCUT2D eigenvalue weighted by Gasteiger charge is 2.35. The fraction of sp³-hybridized carbons (Fsp3) is 0.0667. The molecule has 1 aliphatic rings. The molecule has 1 aliphatic heterocycles. The van der Waals surface area contributed by atoms with E-state index in [1.54, 1.807) is 6.19 Å². The average Bonchev–Trinajstić information content (AvgIpc) is 2.60. The monoisotopic (exact) mass is 417 g/mol. The highest BCUT2D eigenvalue weighted by atomic mass is 35.5. The van der Waals surface area contributed by atoms with Crippen molar-refractivity contribution in [2.75, 3.05) is 16.8 Å². The Balaban J connectivity index is 2.38. The molecule has 0 spiro atoms. The third-order valence-corrected chi connectivity index (χ3v) is 4.40. The number of hydrogen-bond donors (Lipinski definition) is 4. The Kier molecular flexibility index (Phi) is 4.79. The first-order valence-electron chi connectivity index (χ1n) is 7.40. The van der Waals surface area contributed by atoms with Gasteiger partial charge in [-0.1, -0.05) is 23.2 Å². The summed E-state index contributed by atoms with van der Waals surface area (Å²) < 4.78 is 0. The Hall–Kier alpha value is -3.80. The van der Waals surface area contributed by atoms with Crippen LogP contribution >= 0.6 is 23.2 Å². The molecule has 1 atom stereocenters. The molecule has 2 aromatic rings. The van der Waals surface area contributed by atoms with Crippen LogP contribution in [0.1, 0.15) is 22.7 Å². The summed E-state index contributed by atoms with van der Waals surface area (Å²) in [6.45, 7) is 0. The van der Waals surface area contributed by atoms with E-state index in [1.165, 1.54) is 12.1 Å². The lowest BCUT2D eigenvalue weighted by Crippen LogP contribution is -2.33. The molecule has 13 heteroatoms. The molecule has 3 rings (SSSR count). The number of nitro benzene ring substituents is 1. The zero-order valence-electron chi connectivity index (χ0n) is 13.7. The van der Waals surface area contributed by atoms with Crippen LogP contribution in [0, 0.1) is 32.9 Å². The van der Waals surface area contributed by atoms with Crippen molar-refractivity contribution >= 4 is 52.2 Å². The minimum Gasteiger partial charge on any atom is -0.397 e. The Bertz CT molecular complexity index is 1130. The van der Waals surface area contributed by atoms with E-state index in [9.17, 15) is 15.4 Å². The molecule has 0 saturated heterocycles. The smallest absolute Gasteiger partial charge is 0.293 e. The van der Waals surface area contributed by atoms with Gasteiger partial charge in [0.05, 0.1) is 16.2 Å². The van der Waals surface area contributed by atoms with Gasteiger partial charge in [0, 0.05) is 10.6 Å². The molecular weight excluding hydrogens is 409 g/mol. The summed E-state index contributed by atoms with van der Waals surface area (Å²) >= 11 is 12.1. The summed E-state index contributed by atoms with van der Waals surface area (Å²) in [5.74, 6) is -0.125. The van der Waals surface area contributed by atoms with Crippen LogP contribution in [-0.2, 0) is 0 Å². The number of halogens is 2. The standard InChI is InChI=1S/C15H9Cl2N9O2/c16-5-1-6(12(26(27)28)8(17)2-5)11-9-10(20)7(3-18)13(21)24-14(9)25-15(23-11)22-4-19/h1-2,11H,(H6,20,21,22,23,24,25). The number of nitrogens with zero attached hydrogens (tertiary/aromatic N) is 5. The van der Waals surface area contributed by atoms with Crippen LogP contribution in [0.5, 0.6) is 0 Å². The second-order valence-electron chi connectivity index (χ2n) is 5.48. The predicted molar refractivity (Wildman–Crippen MR) is 103 cm³/mol. The highest BCUT2D eigenvalue weighted by molar-refractivity contribution is 6.36.